The number of carbonyl (C=O) groups is 2. The van der Waals surface area contributed by atoms with Crippen molar-refractivity contribution in [2.45, 2.75) is 19.4 Å². The van der Waals surface area contributed by atoms with Crippen LogP contribution in [0.3, 0.4) is 0 Å². The average Bonchev–Trinajstić information content (AvgIpc) is 3.40. The van der Waals surface area contributed by atoms with Gasteiger partial charge in [0.2, 0.25) is 5.91 Å². The quantitative estimate of drug-likeness (QED) is 0.636. The largest absolute Gasteiger partial charge is 0.478 e. The van der Waals surface area contributed by atoms with Crippen molar-refractivity contribution in [1.29, 1.82) is 0 Å². The highest BCUT2D eigenvalue weighted by molar-refractivity contribution is 6.06. The second kappa shape index (κ2) is 7.26. The molecule has 0 radical (unpaired) electrons. The number of carbonyl (C=O) groups excluding carboxylic acids is 1. The number of halogens is 1. The summed E-state index contributed by atoms with van der Waals surface area (Å²) >= 11 is 0. The lowest BCUT2D eigenvalue weighted by Crippen LogP contribution is -2.12. The topological polar surface area (TPSA) is 84.2 Å². The number of nitrogens with zero attached hydrogens (tertiary/aromatic N) is 2. The van der Waals surface area contributed by atoms with Crippen LogP contribution in [0.2, 0.25) is 0 Å². The standard InChI is InChI=1S/C21H18FN3O3/c22-16-5-6-18(17(10-16)21(27)28)24-20(26)8-4-13-3-7-19-15(9-13)11-23-25(19)12-14-1-2-14/h3-11,14H,1-2,12H2,(H,24,26)(H,27,28)/b8-4+. The lowest BCUT2D eigenvalue weighted by molar-refractivity contribution is -0.111. The fourth-order valence-electron chi connectivity index (χ4n) is 3.05. The molecule has 1 heterocycles. The molecule has 142 valence electrons. The third-order valence-electron chi connectivity index (χ3n) is 4.69. The molecule has 2 N–H and O–H groups in total. The molecular formula is C21H18FN3O3. The van der Waals surface area contributed by atoms with E-state index in [1.54, 1.807) is 6.08 Å². The van der Waals surface area contributed by atoms with E-state index in [0.29, 0.717) is 0 Å². The van der Waals surface area contributed by atoms with Crippen LogP contribution in [0.1, 0.15) is 28.8 Å². The number of aromatic carboxylic acids is 1. The van der Waals surface area contributed by atoms with Gasteiger partial charge in [0.05, 0.1) is 23.0 Å². The Kier molecular flexibility index (Phi) is 4.65. The minimum Gasteiger partial charge on any atom is -0.478 e. The molecule has 1 amide bonds. The van der Waals surface area contributed by atoms with E-state index in [-0.39, 0.29) is 11.3 Å². The maximum Gasteiger partial charge on any atom is 0.337 e. The zero-order chi connectivity index (χ0) is 19.7. The minimum absolute atomic E-state index is 0.0420. The molecule has 1 fully saturated rings. The van der Waals surface area contributed by atoms with Gasteiger partial charge < -0.3 is 10.4 Å². The van der Waals surface area contributed by atoms with Crippen molar-refractivity contribution < 1.29 is 19.1 Å². The van der Waals surface area contributed by atoms with Crippen LogP contribution in [0.25, 0.3) is 17.0 Å². The Morgan fingerprint density at radius 1 is 1.25 bits per heavy atom. The molecule has 3 aromatic rings. The lowest BCUT2D eigenvalue weighted by atomic mass is 10.1. The smallest absolute Gasteiger partial charge is 0.337 e. The lowest BCUT2D eigenvalue weighted by Gasteiger charge is -2.06. The molecule has 0 bridgehead atoms. The van der Waals surface area contributed by atoms with Crippen molar-refractivity contribution in [3.63, 3.8) is 0 Å². The maximum absolute atomic E-state index is 13.2. The van der Waals surface area contributed by atoms with Crippen LogP contribution in [0.4, 0.5) is 10.1 Å². The number of anilines is 1. The molecular weight excluding hydrogens is 361 g/mol. The van der Waals surface area contributed by atoms with Crippen LogP contribution in [0, 0.1) is 11.7 Å². The zero-order valence-electron chi connectivity index (χ0n) is 14.9. The predicted molar refractivity (Wildman–Crippen MR) is 103 cm³/mol. The summed E-state index contributed by atoms with van der Waals surface area (Å²) in [4.78, 5) is 23.3. The number of hydrogen-bond donors (Lipinski definition) is 2. The van der Waals surface area contributed by atoms with Gasteiger partial charge in [-0.2, -0.15) is 5.10 Å². The Bertz CT molecular complexity index is 1100. The van der Waals surface area contributed by atoms with E-state index < -0.39 is 17.7 Å². The maximum atomic E-state index is 13.2. The average molecular weight is 379 g/mol. The molecule has 0 atom stereocenters. The number of hydrogen-bond acceptors (Lipinski definition) is 3. The second-order valence-electron chi connectivity index (χ2n) is 6.91. The number of aromatic nitrogens is 2. The molecule has 0 saturated heterocycles. The van der Waals surface area contributed by atoms with Gasteiger partial charge in [0.15, 0.2) is 0 Å². The normalized spacial score (nSPS) is 13.9. The number of nitrogens with one attached hydrogen (secondary N) is 1. The number of rotatable bonds is 6. The van der Waals surface area contributed by atoms with E-state index in [0.717, 1.165) is 41.1 Å². The molecule has 0 spiro atoms. The van der Waals surface area contributed by atoms with E-state index in [9.17, 15) is 14.0 Å². The molecule has 6 nitrogen and oxygen atoms in total. The Balaban J connectivity index is 1.48. The summed E-state index contributed by atoms with van der Waals surface area (Å²) in [5.74, 6) is -1.76. The Morgan fingerprint density at radius 2 is 2.07 bits per heavy atom. The number of carboxylic acids is 1. The van der Waals surface area contributed by atoms with E-state index >= 15 is 0 Å². The number of fused-ring (bicyclic) bond motifs is 1. The van der Waals surface area contributed by atoms with Crippen LogP contribution in [0.15, 0.2) is 48.7 Å². The predicted octanol–water partition coefficient (Wildman–Crippen LogP) is 3.94. The fraction of sp³-hybridized carbons (Fsp3) is 0.190. The van der Waals surface area contributed by atoms with Crippen molar-refractivity contribution >= 4 is 34.5 Å². The summed E-state index contributed by atoms with van der Waals surface area (Å²) in [5, 5.41) is 17.0. The van der Waals surface area contributed by atoms with E-state index in [1.807, 2.05) is 29.1 Å². The fourth-order valence-corrected chi connectivity index (χ4v) is 3.05. The highest BCUT2D eigenvalue weighted by atomic mass is 19.1. The SMILES string of the molecule is O=C(/C=C/c1ccc2c(cnn2CC2CC2)c1)Nc1ccc(F)cc1C(=O)O. The number of carboxylic acid groups (broad SMARTS) is 1. The van der Waals surface area contributed by atoms with Crippen molar-refractivity contribution in [3.8, 4) is 0 Å². The molecule has 28 heavy (non-hydrogen) atoms. The first-order valence-corrected chi connectivity index (χ1v) is 8.97. The first-order valence-electron chi connectivity index (χ1n) is 8.97. The Labute approximate surface area is 160 Å². The van der Waals surface area contributed by atoms with Gasteiger partial charge in [-0.05, 0) is 60.7 Å². The van der Waals surface area contributed by atoms with Crippen LogP contribution in [-0.2, 0) is 11.3 Å². The van der Waals surface area contributed by atoms with E-state index in [4.69, 9.17) is 5.11 Å². The summed E-state index contributed by atoms with van der Waals surface area (Å²) < 4.78 is 15.2. The van der Waals surface area contributed by atoms with Crippen molar-refractivity contribution in [3.05, 3.63) is 65.6 Å². The van der Waals surface area contributed by atoms with E-state index in [2.05, 4.69) is 10.4 Å². The molecule has 2 aromatic carbocycles. The molecule has 4 rings (SSSR count). The van der Waals surface area contributed by atoms with Gasteiger partial charge in [-0.3, -0.25) is 9.48 Å². The van der Waals surface area contributed by atoms with Gasteiger partial charge in [-0.25, -0.2) is 9.18 Å². The second-order valence-corrected chi connectivity index (χ2v) is 6.91. The van der Waals surface area contributed by atoms with Crippen LogP contribution in [-0.4, -0.2) is 26.8 Å². The summed E-state index contributed by atoms with van der Waals surface area (Å²) in [7, 11) is 0. The van der Waals surface area contributed by atoms with Crippen LogP contribution >= 0.6 is 0 Å². The molecule has 1 aromatic heterocycles. The van der Waals surface area contributed by atoms with Crippen molar-refractivity contribution in [2.75, 3.05) is 5.32 Å². The first kappa shape index (κ1) is 17.9. The molecule has 1 aliphatic rings. The Hall–Kier alpha value is -3.48. The first-order chi connectivity index (χ1) is 13.5. The summed E-state index contributed by atoms with van der Waals surface area (Å²) in [6.07, 6.45) is 7.28. The molecule has 7 heteroatoms. The minimum atomic E-state index is -1.31. The van der Waals surface area contributed by atoms with Gasteiger partial charge in [-0.15, -0.1) is 0 Å². The molecule has 0 aliphatic heterocycles. The van der Waals surface area contributed by atoms with Crippen molar-refractivity contribution in [1.82, 2.24) is 9.78 Å². The third-order valence-corrected chi connectivity index (χ3v) is 4.69. The number of amides is 1. The van der Waals surface area contributed by atoms with Gasteiger partial charge in [0, 0.05) is 18.0 Å². The van der Waals surface area contributed by atoms with Crippen molar-refractivity contribution in [2.24, 2.45) is 5.92 Å². The zero-order valence-corrected chi connectivity index (χ0v) is 14.9. The highest BCUT2D eigenvalue weighted by Crippen LogP contribution is 2.31. The molecule has 1 aliphatic carbocycles. The van der Waals surface area contributed by atoms with Crippen LogP contribution < -0.4 is 5.32 Å². The van der Waals surface area contributed by atoms with Crippen LogP contribution in [0.5, 0.6) is 0 Å². The molecule has 1 saturated carbocycles. The van der Waals surface area contributed by atoms with Gasteiger partial charge in [0.1, 0.15) is 5.82 Å². The summed E-state index contributed by atoms with van der Waals surface area (Å²) in [6, 6.07) is 9.01. The van der Waals surface area contributed by atoms with Gasteiger partial charge in [-0.1, -0.05) is 6.07 Å². The summed E-state index contributed by atoms with van der Waals surface area (Å²) in [6.45, 7) is 0.935. The summed E-state index contributed by atoms with van der Waals surface area (Å²) in [5.41, 5.74) is 1.63. The Morgan fingerprint density at radius 3 is 2.82 bits per heavy atom. The highest BCUT2D eigenvalue weighted by Gasteiger charge is 2.22. The molecule has 0 unspecified atom stereocenters. The van der Waals surface area contributed by atoms with Gasteiger partial charge >= 0.3 is 5.97 Å². The monoisotopic (exact) mass is 379 g/mol. The van der Waals surface area contributed by atoms with Gasteiger partial charge in [0.25, 0.3) is 0 Å². The van der Waals surface area contributed by atoms with E-state index in [1.165, 1.54) is 25.0 Å². The number of benzene rings is 2. The third kappa shape index (κ3) is 3.93.